The average Bonchev–Trinajstić information content (AvgIpc) is 1.90. The standard InChI is InChI=1S/C5H7NO3/c1-9-5(8)4(2-6)3-7/h4,7H,3H2,1H3. The summed E-state index contributed by atoms with van der Waals surface area (Å²) < 4.78 is 4.17. The highest BCUT2D eigenvalue weighted by atomic mass is 16.5. The predicted octanol–water partition coefficient (Wildman–Crippen LogP) is -0.709. The molecule has 4 nitrogen and oxygen atoms in total. The van der Waals surface area contributed by atoms with Gasteiger partial charge in [-0.25, -0.2) is 0 Å². The molecule has 50 valence electrons. The Hall–Kier alpha value is -1.08. The molecule has 0 saturated carbocycles. The molecule has 0 rings (SSSR count). The van der Waals surface area contributed by atoms with E-state index in [4.69, 9.17) is 10.4 Å². The number of esters is 1. The lowest BCUT2D eigenvalue weighted by atomic mass is 10.2. The summed E-state index contributed by atoms with van der Waals surface area (Å²) in [5, 5.41) is 16.4. The van der Waals surface area contributed by atoms with E-state index >= 15 is 0 Å². The number of nitriles is 1. The van der Waals surface area contributed by atoms with E-state index in [0.29, 0.717) is 0 Å². The summed E-state index contributed by atoms with van der Waals surface area (Å²) in [6, 6.07) is 1.58. The molecule has 0 heterocycles. The Kier molecular flexibility index (Phi) is 3.40. The van der Waals surface area contributed by atoms with Crippen LogP contribution < -0.4 is 0 Å². The average molecular weight is 129 g/mol. The van der Waals surface area contributed by atoms with Gasteiger partial charge in [0.15, 0.2) is 5.92 Å². The zero-order valence-electron chi connectivity index (χ0n) is 5.00. The van der Waals surface area contributed by atoms with Gasteiger partial charge in [0.1, 0.15) is 0 Å². The summed E-state index contributed by atoms with van der Waals surface area (Å²) in [6.45, 7) is -0.483. The highest BCUT2D eigenvalue weighted by Crippen LogP contribution is 1.93. The molecule has 0 radical (unpaired) electrons. The van der Waals surface area contributed by atoms with Gasteiger partial charge in [0.05, 0.1) is 19.8 Å². The Morgan fingerprint density at radius 2 is 2.56 bits per heavy atom. The number of aliphatic hydroxyl groups is 1. The van der Waals surface area contributed by atoms with Gasteiger partial charge in [-0.3, -0.25) is 4.79 Å². The maximum absolute atomic E-state index is 10.4. The van der Waals surface area contributed by atoms with Crippen LogP contribution in [0.3, 0.4) is 0 Å². The van der Waals surface area contributed by atoms with Crippen LogP contribution in [0.2, 0.25) is 0 Å². The SMILES string of the molecule is COC(=O)C(C#N)CO. The van der Waals surface area contributed by atoms with Crippen LogP contribution in [0.15, 0.2) is 0 Å². The van der Waals surface area contributed by atoms with Crippen molar-refractivity contribution in [2.75, 3.05) is 13.7 Å². The van der Waals surface area contributed by atoms with Crippen LogP contribution in [0.1, 0.15) is 0 Å². The molecular formula is C5H7NO3. The van der Waals surface area contributed by atoms with E-state index in [1.165, 1.54) is 7.11 Å². The third-order valence-electron chi connectivity index (χ3n) is 0.824. The number of hydrogen-bond acceptors (Lipinski definition) is 4. The molecule has 0 fully saturated rings. The van der Waals surface area contributed by atoms with Crippen LogP contribution in [0, 0.1) is 17.2 Å². The largest absolute Gasteiger partial charge is 0.468 e. The van der Waals surface area contributed by atoms with E-state index in [1.54, 1.807) is 6.07 Å². The van der Waals surface area contributed by atoms with Gasteiger partial charge in [-0.05, 0) is 0 Å². The zero-order chi connectivity index (χ0) is 7.28. The van der Waals surface area contributed by atoms with Gasteiger partial charge in [-0.2, -0.15) is 5.26 Å². The van der Waals surface area contributed by atoms with Gasteiger partial charge in [0.2, 0.25) is 0 Å². The highest BCUT2D eigenvalue weighted by Gasteiger charge is 2.15. The fraction of sp³-hybridized carbons (Fsp3) is 0.600. The lowest BCUT2D eigenvalue weighted by molar-refractivity contribution is -0.144. The quantitative estimate of drug-likeness (QED) is 0.500. The third-order valence-corrected chi connectivity index (χ3v) is 0.824. The van der Waals surface area contributed by atoms with Crippen molar-refractivity contribution in [1.29, 1.82) is 5.26 Å². The first kappa shape index (κ1) is 7.92. The molecule has 1 unspecified atom stereocenters. The molecule has 0 bridgehead atoms. The fourth-order valence-corrected chi connectivity index (χ4v) is 0.310. The first-order valence-electron chi connectivity index (χ1n) is 2.34. The van der Waals surface area contributed by atoms with Gasteiger partial charge in [-0.15, -0.1) is 0 Å². The smallest absolute Gasteiger partial charge is 0.325 e. The van der Waals surface area contributed by atoms with Gasteiger partial charge >= 0.3 is 5.97 Å². The van der Waals surface area contributed by atoms with Crippen molar-refractivity contribution in [2.24, 2.45) is 5.92 Å². The molecule has 1 N–H and O–H groups in total. The van der Waals surface area contributed by atoms with Crippen LogP contribution in [0.4, 0.5) is 0 Å². The van der Waals surface area contributed by atoms with Gasteiger partial charge < -0.3 is 9.84 Å². The molecule has 0 amide bonds. The number of methoxy groups -OCH3 is 1. The Labute approximate surface area is 52.7 Å². The molecule has 0 aromatic heterocycles. The molecule has 0 aromatic carbocycles. The molecule has 0 aliphatic rings. The summed E-state index contributed by atoms with van der Waals surface area (Å²) >= 11 is 0. The van der Waals surface area contributed by atoms with E-state index in [2.05, 4.69) is 4.74 Å². The Morgan fingerprint density at radius 1 is 2.00 bits per heavy atom. The van der Waals surface area contributed by atoms with Gasteiger partial charge in [0, 0.05) is 0 Å². The van der Waals surface area contributed by atoms with Crippen LogP contribution >= 0.6 is 0 Å². The summed E-state index contributed by atoms with van der Waals surface area (Å²) in [6.07, 6.45) is 0. The number of aliphatic hydroxyl groups excluding tert-OH is 1. The van der Waals surface area contributed by atoms with Crippen molar-refractivity contribution in [3.63, 3.8) is 0 Å². The molecule has 0 saturated heterocycles. The van der Waals surface area contributed by atoms with E-state index in [0.717, 1.165) is 0 Å². The van der Waals surface area contributed by atoms with Crippen molar-refractivity contribution in [1.82, 2.24) is 0 Å². The second-order valence-electron chi connectivity index (χ2n) is 1.39. The monoisotopic (exact) mass is 129 g/mol. The van der Waals surface area contributed by atoms with Gasteiger partial charge in [0.25, 0.3) is 0 Å². The van der Waals surface area contributed by atoms with E-state index in [-0.39, 0.29) is 0 Å². The number of rotatable bonds is 2. The second kappa shape index (κ2) is 3.87. The predicted molar refractivity (Wildman–Crippen MR) is 28.2 cm³/mol. The first-order valence-corrected chi connectivity index (χ1v) is 2.34. The number of carbonyl (C=O) groups is 1. The van der Waals surface area contributed by atoms with Crippen LogP contribution in [0.25, 0.3) is 0 Å². The number of hydrogen-bond donors (Lipinski definition) is 1. The topological polar surface area (TPSA) is 70.3 Å². The first-order chi connectivity index (χ1) is 4.26. The Bertz CT molecular complexity index is 138. The zero-order valence-corrected chi connectivity index (χ0v) is 5.00. The summed E-state index contributed by atoms with van der Waals surface area (Å²) in [5.74, 6) is -1.73. The van der Waals surface area contributed by atoms with Crippen molar-refractivity contribution in [3.8, 4) is 6.07 Å². The van der Waals surface area contributed by atoms with E-state index < -0.39 is 18.5 Å². The molecule has 0 aromatic rings. The van der Waals surface area contributed by atoms with Crippen molar-refractivity contribution in [2.45, 2.75) is 0 Å². The summed E-state index contributed by atoms with van der Waals surface area (Å²) in [4.78, 5) is 10.4. The summed E-state index contributed by atoms with van der Waals surface area (Å²) in [5.41, 5.74) is 0. The number of nitrogens with zero attached hydrogens (tertiary/aromatic N) is 1. The minimum atomic E-state index is -1.03. The van der Waals surface area contributed by atoms with Crippen LogP contribution in [-0.2, 0) is 9.53 Å². The van der Waals surface area contributed by atoms with Gasteiger partial charge in [-0.1, -0.05) is 0 Å². The van der Waals surface area contributed by atoms with Crippen LogP contribution in [-0.4, -0.2) is 24.8 Å². The molecule has 0 spiro atoms. The molecule has 0 aliphatic heterocycles. The second-order valence-corrected chi connectivity index (χ2v) is 1.39. The minimum Gasteiger partial charge on any atom is -0.468 e. The minimum absolute atomic E-state index is 0.483. The Balaban J connectivity index is 3.84. The van der Waals surface area contributed by atoms with E-state index in [1.807, 2.05) is 0 Å². The number of carbonyl (C=O) groups excluding carboxylic acids is 1. The van der Waals surface area contributed by atoms with Crippen LogP contribution in [0.5, 0.6) is 0 Å². The highest BCUT2D eigenvalue weighted by molar-refractivity contribution is 5.75. The fourth-order valence-electron chi connectivity index (χ4n) is 0.310. The molecule has 0 aliphatic carbocycles. The normalized spacial score (nSPS) is 11.7. The lowest BCUT2D eigenvalue weighted by Gasteiger charge is -1.99. The number of ether oxygens (including phenoxy) is 1. The maximum Gasteiger partial charge on any atom is 0.325 e. The molecule has 1 atom stereocenters. The van der Waals surface area contributed by atoms with Crippen molar-refractivity contribution >= 4 is 5.97 Å². The summed E-state index contributed by atoms with van der Waals surface area (Å²) in [7, 11) is 1.17. The molecular weight excluding hydrogens is 122 g/mol. The van der Waals surface area contributed by atoms with E-state index in [9.17, 15) is 4.79 Å². The molecule has 9 heavy (non-hydrogen) atoms. The van der Waals surface area contributed by atoms with Crippen molar-refractivity contribution in [3.05, 3.63) is 0 Å². The Morgan fingerprint density at radius 3 is 2.67 bits per heavy atom. The molecule has 4 heteroatoms. The van der Waals surface area contributed by atoms with Crippen molar-refractivity contribution < 1.29 is 14.6 Å². The third kappa shape index (κ3) is 2.11. The lowest BCUT2D eigenvalue weighted by Crippen LogP contribution is -2.17. The maximum atomic E-state index is 10.4.